The van der Waals surface area contributed by atoms with Gasteiger partial charge in [-0.05, 0) is 22.4 Å². The van der Waals surface area contributed by atoms with Gasteiger partial charge in [-0.2, -0.15) is 5.10 Å². The van der Waals surface area contributed by atoms with Crippen molar-refractivity contribution in [1.82, 2.24) is 9.78 Å². The van der Waals surface area contributed by atoms with Crippen LogP contribution in [0.3, 0.4) is 0 Å². The molecule has 0 aliphatic carbocycles. The third kappa shape index (κ3) is 2.92. The molecule has 1 rings (SSSR count). The van der Waals surface area contributed by atoms with Crippen LogP contribution >= 0.6 is 15.9 Å². The van der Waals surface area contributed by atoms with E-state index < -0.39 is 0 Å². The molecule has 0 aromatic carbocycles. The van der Waals surface area contributed by atoms with Crippen LogP contribution in [0, 0.1) is 0 Å². The maximum atomic E-state index is 10.3. The number of methoxy groups -OCH3 is 1. The predicted octanol–water partition coefficient (Wildman–Crippen LogP) is 1.42. The van der Waals surface area contributed by atoms with Crippen LogP contribution in [-0.4, -0.2) is 29.8 Å². The second kappa shape index (κ2) is 5.93. The lowest BCUT2D eigenvalue weighted by atomic mass is 10.2. The van der Waals surface area contributed by atoms with E-state index in [-0.39, 0.29) is 0 Å². The molecule has 0 radical (unpaired) electrons. The summed E-state index contributed by atoms with van der Waals surface area (Å²) < 4.78 is 7.78. The summed E-state index contributed by atoms with van der Waals surface area (Å²) in [5.74, 6) is 0. The van der Waals surface area contributed by atoms with Crippen LogP contribution in [0.4, 0.5) is 0 Å². The molecule has 0 amide bonds. The van der Waals surface area contributed by atoms with E-state index in [1.165, 1.54) is 0 Å². The summed E-state index contributed by atoms with van der Waals surface area (Å²) in [4.78, 5) is 10.3. The Hall–Kier alpha value is -0.680. The fourth-order valence-corrected chi connectivity index (χ4v) is 1.70. The molecule has 78 valence electrons. The normalized spacial score (nSPS) is 10.4. The van der Waals surface area contributed by atoms with E-state index in [2.05, 4.69) is 21.0 Å². The van der Waals surface area contributed by atoms with Crippen LogP contribution in [0.25, 0.3) is 0 Å². The Morgan fingerprint density at radius 1 is 1.71 bits per heavy atom. The van der Waals surface area contributed by atoms with Gasteiger partial charge in [0.05, 0.1) is 29.5 Å². The molecule has 0 unspecified atom stereocenters. The fourth-order valence-electron chi connectivity index (χ4n) is 1.20. The monoisotopic (exact) mass is 260 g/mol. The Kier molecular flexibility index (Phi) is 4.82. The molecule has 0 aliphatic rings. The van der Waals surface area contributed by atoms with Crippen molar-refractivity contribution < 1.29 is 9.53 Å². The number of aromatic nitrogens is 2. The molecular weight excluding hydrogens is 248 g/mol. The van der Waals surface area contributed by atoms with Gasteiger partial charge in [0, 0.05) is 13.5 Å². The molecule has 1 heterocycles. The maximum Gasteiger partial charge on any atom is 0.120 e. The van der Waals surface area contributed by atoms with E-state index in [9.17, 15) is 4.79 Å². The van der Waals surface area contributed by atoms with Crippen LogP contribution < -0.4 is 0 Å². The highest BCUT2D eigenvalue weighted by Gasteiger charge is 2.07. The number of hydrogen-bond acceptors (Lipinski definition) is 3. The van der Waals surface area contributed by atoms with Crippen molar-refractivity contribution in [3.63, 3.8) is 0 Å². The van der Waals surface area contributed by atoms with Crippen molar-refractivity contribution >= 4 is 22.2 Å². The first-order valence-corrected chi connectivity index (χ1v) is 5.21. The Balaban J connectivity index is 2.66. The van der Waals surface area contributed by atoms with Gasteiger partial charge >= 0.3 is 0 Å². The largest absolute Gasteiger partial charge is 0.383 e. The van der Waals surface area contributed by atoms with E-state index in [1.54, 1.807) is 13.3 Å². The van der Waals surface area contributed by atoms with Gasteiger partial charge in [0.15, 0.2) is 0 Å². The number of nitrogens with zero attached hydrogens (tertiary/aromatic N) is 2. The van der Waals surface area contributed by atoms with Gasteiger partial charge in [-0.3, -0.25) is 4.68 Å². The van der Waals surface area contributed by atoms with Crippen LogP contribution in [0.15, 0.2) is 10.7 Å². The van der Waals surface area contributed by atoms with Crippen molar-refractivity contribution in [1.29, 1.82) is 0 Å². The van der Waals surface area contributed by atoms with Gasteiger partial charge in [-0.1, -0.05) is 0 Å². The highest BCUT2D eigenvalue weighted by atomic mass is 79.9. The Bertz CT molecular complexity index is 299. The molecule has 5 heteroatoms. The third-order valence-electron chi connectivity index (χ3n) is 1.90. The molecule has 0 fully saturated rings. The lowest BCUT2D eigenvalue weighted by Crippen LogP contribution is -2.09. The van der Waals surface area contributed by atoms with Crippen molar-refractivity contribution in [2.75, 3.05) is 13.7 Å². The lowest BCUT2D eigenvalue weighted by Gasteiger charge is -2.05. The number of hydrogen-bond donors (Lipinski definition) is 0. The van der Waals surface area contributed by atoms with Crippen LogP contribution in [0.1, 0.15) is 12.1 Å². The minimum Gasteiger partial charge on any atom is -0.383 e. The lowest BCUT2D eigenvalue weighted by molar-refractivity contribution is -0.107. The second-order valence-corrected chi connectivity index (χ2v) is 3.71. The topological polar surface area (TPSA) is 44.1 Å². The summed E-state index contributed by atoms with van der Waals surface area (Å²) in [5, 5.41) is 4.18. The number of carbonyl (C=O) groups excluding carboxylic acids is 1. The van der Waals surface area contributed by atoms with Crippen molar-refractivity contribution in [3.8, 4) is 0 Å². The molecule has 4 nitrogen and oxygen atoms in total. The van der Waals surface area contributed by atoms with E-state index >= 15 is 0 Å². The first-order chi connectivity index (χ1) is 6.79. The molecule has 1 aromatic heterocycles. The number of ether oxygens (including phenoxy) is 1. The number of aldehydes is 1. The highest BCUT2D eigenvalue weighted by molar-refractivity contribution is 9.10. The number of carbonyl (C=O) groups is 1. The van der Waals surface area contributed by atoms with Crippen LogP contribution in [0.2, 0.25) is 0 Å². The zero-order valence-electron chi connectivity index (χ0n) is 8.07. The van der Waals surface area contributed by atoms with Gasteiger partial charge in [0.1, 0.15) is 6.29 Å². The van der Waals surface area contributed by atoms with E-state index in [1.807, 2.05) is 4.68 Å². The minimum absolute atomic E-state index is 0.525. The molecule has 1 aromatic rings. The van der Waals surface area contributed by atoms with E-state index in [0.29, 0.717) is 19.4 Å². The number of rotatable bonds is 6. The van der Waals surface area contributed by atoms with Crippen molar-refractivity contribution in [2.24, 2.45) is 0 Å². The standard InChI is InChI=1S/C9H13BrN2O2/c1-14-6-4-12-9(3-2-5-13)8(10)7-11-12/h5,7H,2-4,6H2,1H3. The molecule has 0 N–H and O–H groups in total. The smallest absolute Gasteiger partial charge is 0.120 e. The van der Waals surface area contributed by atoms with E-state index in [4.69, 9.17) is 4.74 Å². The average molecular weight is 261 g/mol. The summed E-state index contributed by atoms with van der Waals surface area (Å²) in [7, 11) is 1.66. The predicted molar refractivity (Wildman–Crippen MR) is 56.2 cm³/mol. The fraction of sp³-hybridized carbons (Fsp3) is 0.556. The van der Waals surface area contributed by atoms with Crippen LogP contribution in [0.5, 0.6) is 0 Å². The quantitative estimate of drug-likeness (QED) is 0.727. The molecule has 0 spiro atoms. The second-order valence-electron chi connectivity index (χ2n) is 2.86. The van der Waals surface area contributed by atoms with Gasteiger partial charge in [0.2, 0.25) is 0 Å². The van der Waals surface area contributed by atoms with Crippen molar-refractivity contribution in [3.05, 3.63) is 16.4 Å². The van der Waals surface area contributed by atoms with E-state index in [0.717, 1.165) is 23.0 Å². The SMILES string of the molecule is COCCn1ncc(Br)c1CCC=O. The Morgan fingerprint density at radius 2 is 2.50 bits per heavy atom. The first kappa shape index (κ1) is 11.4. The summed E-state index contributed by atoms with van der Waals surface area (Å²) in [6.07, 6.45) is 3.90. The minimum atomic E-state index is 0.525. The maximum absolute atomic E-state index is 10.3. The number of halogens is 1. The summed E-state index contributed by atoms with van der Waals surface area (Å²) >= 11 is 3.40. The van der Waals surface area contributed by atoms with Gasteiger partial charge < -0.3 is 9.53 Å². The zero-order valence-corrected chi connectivity index (χ0v) is 9.66. The summed E-state index contributed by atoms with van der Waals surface area (Å²) in [6, 6.07) is 0. The van der Waals surface area contributed by atoms with Crippen molar-refractivity contribution in [2.45, 2.75) is 19.4 Å². The molecule has 0 saturated carbocycles. The van der Waals surface area contributed by atoms with Crippen LogP contribution in [-0.2, 0) is 22.5 Å². The molecular formula is C9H13BrN2O2. The Labute approximate surface area is 91.4 Å². The molecule has 0 saturated heterocycles. The molecule has 0 aliphatic heterocycles. The van der Waals surface area contributed by atoms with Gasteiger partial charge in [-0.25, -0.2) is 0 Å². The molecule has 0 atom stereocenters. The zero-order chi connectivity index (χ0) is 10.4. The summed E-state index contributed by atoms with van der Waals surface area (Å²) in [5.41, 5.74) is 1.05. The molecule has 0 bridgehead atoms. The molecule has 14 heavy (non-hydrogen) atoms. The van der Waals surface area contributed by atoms with Gasteiger partial charge in [0.25, 0.3) is 0 Å². The third-order valence-corrected chi connectivity index (χ3v) is 2.57. The summed E-state index contributed by atoms with van der Waals surface area (Å²) in [6.45, 7) is 1.35. The first-order valence-electron chi connectivity index (χ1n) is 4.42. The highest BCUT2D eigenvalue weighted by Crippen LogP contribution is 2.17. The Morgan fingerprint density at radius 3 is 3.14 bits per heavy atom. The average Bonchev–Trinajstić information content (AvgIpc) is 2.53. The van der Waals surface area contributed by atoms with Gasteiger partial charge in [-0.15, -0.1) is 0 Å².